The van der Waals surface area contributed by atoms with Crippen LogP contribution in [0.15, 0.2) is 0 Å². The van der Waals surface area contributed by atoms with E-state index in [1.165, 1.54) is 0 Å². The number of phosphoric ester groups is 5. The Morgan fingerprint density at radius 1 is 0.338 bits per heavy atom. The number of aliphatic hydroxyl groups excluding tert-OH is 3. The van der Waals surface area contributed by atoms with Crippen LogP contribution in [0.25, 0.3) is 0 Å². The third-order valence-electron chi connectivity index (χ3n) is 9.38. The first-order valence-electron chi connectivity index (χ1n) is 22.6. The average molecular weight is 1040 g/mol. The van der Waals surface area contributed by atoms with Crippen molar-refractivity contribution < 1.29 is 108 Å². The minimum atomic E-state index is -5.22. The van der Waals surface area contributed by atoms with E-state index < -0.39 is 84.4 Å². The highest BCUT2D eigenvalue weighted by molar-refractivity contribution is 7.47. The summed E-state index contributed by atoms with van der Waals surface area (Å²) in [7, 11) is -24.1. The van der Waals surface area contributed by atoms with Crippen molar-refractivity contribution in [3.8, 4) is 0 Å². The Morgan fingerprint density at radius 2 is 0.585 bits per heavy atom. The van der Waals surface area contributed by atoms with E-state index in [1.807, 2.05) is 0 Å². The molecular weight excluding hydrogens is 967 g/mol. The highest BCUT2D eigenvalue weighted by Gasteiger charge is 2.25. The van der Waals surface area contributed by atoms with Crippen LogP contribution >= 0.6 is 39.1 Å². The Labute approximate surface area is 385 Å². The van der Waals surface area contributed by atoms with E-state index in [4.69, 9.17) is 37.4 Å². The van der Waals surface area contributed by atoms with Crippen molar-refractivity contribution in [1.29, 1.82) is 0 Å². The minimum absolute atomic E-state index is 0.118. The van der Waals surface area contributed by atoms with Gasteiger partial charge in [0.15, 0.2) is 0 Å². The summed E-state index contributed by atoms with van der Waals surface area (Å²) < 4.78 is 108. The molecule has 65 heavy (non-hydrogen) atoms. The zero-order valence-corrected chi connectivity index (χ0v) is 42.4. The normalized spacial score (nSPS) is 17.7. The fourth-order valence-electron chi connectivity index (χ4n) is 5.82. The molecule has 392 valence electrons. The summed E-state index contributed by atoms with van der Waals surface area (Å²) in [5.41, 5.74) is 0. The number of hydrogen-bond acceptors (Lipinski definition) is 23. The first-order chi connectivity index (χ1) is 30.8. The molecule has 0 saturated heterocycles. The molecule has 0 aromatic rings. The molecule has 0 bridgehead atoms. The van der Waals surface area contributed by atoms with Gasteiger partial charge in [0.25, 0.3) is 39.1 Å². The third kappa shape index (κ3) is 43.0. The maximum atomic E-state index is 12.7. The van der Waals surface area contributed by atoms with Crippen molar-refractivity contribution in [2.75, 3.05) is 73.2 Å². The number of rotatable bonds is 50. The van der Waals surface area contributed by atoms with Crippen LogP contribution in [0.3, 0.4) is 0 Å². The molecule has 28 heteroatoms. The molecule has 23 nitrogen and oxygen atoms in total. The van der Waals surface area contributed by atoms with E-state index in [0.29, 0.717) is 38.5 Å². The van der Waals surface area contributed by atoms with Crippen molar-refractivity contribution in [1.82, 2.24) is 0 Å². The van der Waals surface area contributed by atoms with Gasteiger partial charge in [0, 0.05) is 20.3 Å². The Hall–Kier alpha value is 0.430. The molecule has 0 aliphatic heterocycles. The summed E-state index contributed by atoms with van der Waals surface area (Å²) in [6.07, 6.45) is 15.6. The van der Waals surface area contributed by atoms with Gasteiger partial charge in [-0.1, -0.05) is 116 Å². The van der Waals surface area contributed by atoms with Gasteiger partial charge in [0.05, 0.1) is 52.9 Å². The van der Waals surface area contributed by atoms with E-state index in [-0.39, 0.29) is 45.9 Å². The maximum absolute atomic E-state index is 12.7. The van der Waals surface area contributed by atoms with E-state index >= 15 is 0 Å². The molecule has 6 atom stereocenters. The summed E-state index contributed by atoms with van der Waals surface area (Å²) >= 11 is 0. The summed E-state index contributed by atoms with van der Waals surface area (Å²) in [5.74, 6) is 0. The molecule has 0 fully saturated rings. The van der Waals surface area contributed by atoms with Crippen LogP contribution in [0.4, 0.5) is 0 Å². The molecule has 0 aromatic heterocycles. The topological polar surface area (TPSA) is 354 Å². The number of unbranched alkanes of at least 4 members (excludes halogenated alkanes) is 21. The SMILES string of the molecule is COP(=O)([O-])OC(CO)COP(=O)([O-])OCCCCCCOP(=O)([O-])OC(COP(=O)([O-])OCCCCCCCCCCCCO)COP(=O)([O-])OCCCCCCCCCCCCO. The zero-order valence-electron chi connectivity index (χ0n) is 37.9. The maximum Gasteiger partial charge on any atom is 0.268 e. The van der Waals surface area contributed by atoms with Crippen LogP contribution in [0, 0.1) is 0 Å². The average Bonchev–Trinajstić information content (AvgIpc) is 3.25. The first kappa shape index (κ1) is 65.4. The molecule has 0 radical (unpaired) electrons. The lowest BCUT2D eigenvalue weighted by Gasteiger charge is -2.31. The van der Waals surface area contributed by atoms with Gasteiger partial charge in [-0.2, -0.15) is 0 Å². The third-order valence-corrected chi connectivity index (χ3v) is 14.3. The molecular formula is C37H76O23P5-5. The molecule has 0 aliphatic carbocycles. The van der Waals surface area contributed by atoms with Gasteiger partial charge in [-0.3, -0.25) is 22.8 Å². The Bertz CT molecular complexity index is 1330. The lowest BCUT2D eigenvalue weighted by Crippen LogP contribution is -2.29. The Morgan fingerprint density at radius 3 is 0.862 bits per heavy atom. The highest BCUT2D eigenvalue weighted by Crippen LogP contribution is 2.45. The molecule has 0 saturated carbocycles. The van der Waals surface area contributed by atoms with E-state index in [0.717, 1.165) is 110 Å². The minimum Gasteiger partial charge on any atom is -0.756 e. The van der Waals surface area contributed by atoms with E-state index in [9.17, 15) is 52.4 Å². The summed E-state index contributed by atoms with van der Waals surface area (Å²) in [6.45, 7) is -4.55. The largest absolute Gasteiger partial charge is 0.756 e. The standard InChI is InChI=1S/C37H81O23P5/c1-51-61(41,42)59-36(32-40)33-56-62(43,44)52-30-24-18-19-25-31-55-65(49,50)60-37(34-57-63(45,46)53-28-22-16-12-8-4-2-6-10-14-20-26-38)35-58-64(47,48)54-29-23-17-13-9-5-3-7-11-15-21-27-39/h36-40H,2-35H2,1H3,(H,41,42)(H,43,44)(H,45,46)(H,47,48)(H,49,50)/p-5. The van der Waals surface area contributed by atoms with E-state index in [1.54, 1.807) is 0 Å². The van der Waals surface area contributed by atoms with Crippen LogP contribution in [0.1, 0.15) is 154 Å². The first-order valence-corrected chi connectivity index (χ1v) is 29.9. The van der Waals surface area contributed by atoms with Gasteiger partial charge in [0.2, 0.25) is 0 Å². The van der Waals surface area contributed by atoms with Gasteiger partial charge in [-0.05, 0) is 38.5 Å². The van der Waals surface area contributed by atoms with Crippen LogP contribution in [0.5, 0.6) is 0 Å². The second-order valence-corrected chi connectivity index (χ2v) is 22.3. The predicted molar refractivity (Wildman–Crippen MR) is 229 cm³/mol. The van der Waals surface area contributed by atoms with E-state index in [2.05, 4.69) is 18.1 Å². The second kappa shape index (κ2) is 40.1. The molecule has 0 rings (SSSR count). The zero-order chi connectivity index (χ0) is 48.8. The molecule has 0 spiro atoms. The smallest absolute Gasteiger partial charge is 0.268 e. The number of hydrogen-bond donors (Lipinski definition) is 3. The summed E-state index contributed by atoms with van der Waals surface area (Å²) in [5, 5.41) is 26.9. The highest BCUT2D eigenvalue weighted by atomic mass is 31.2. The van der Waals surface area contributed by atoms with Gasteiger partial charge < -0.3 is 85.0 Å². The van der Waals surface area contributed by atoms with Crippen LogP contribution in [-0.4, -0.2) is 101 Å². The fraction of sp³-hybridized carbons (Fsp3) is 1.00. The van der Waals surface area contributed by atoms with Gasteiger partial charge in [-0.15, -0.1) is 0 Å². The Balaban J connectivity index is 4.89. The summed E-state index contributed by atoms with van der Waals surface area (Å²) in [4.78, 5) is 60.9. The van der Waals surface area contributed by atoms with Gasteiger partial charge >= 0.3 is 0 Å². The fourth-order valence-corrected chi connectivity index (χ4v) is 9.63. The number of phosphoric acid groups is 5. The van der Waals surface area contributed by atoms with Crippen molar-refractivity contribution in [2.45, 2.75) is 166 Å². The van der Waals surface area contributed by atoms with Gasteiger partial charge in [-0.25, -0.2) is 0 Å². The van der Waals surface area contributed by atoms with Gasteiger partial charge in [0.1, 0.15) is 12.2 Å². The summed E-state index contributed by atoms with van der Waals surface area (Å²) in [6, 6.07) is 0. The second-order valence-electron chi connectivity index (χ2n) is 15.2. The van der Waals surface area contributed by atoms with Crippen LogP contribution in [-0.2, 0) is 68.1 Å². The van der Waals surface area contributed by atoms with Crippen molar-refractivity contribution >= 4 is 39.1 Å². The lowest BCUT2D eigenvalue weighted by molar-refractivity contribution is -0.243. The molecule has 0 aliphatic rings. The predicted octanol–water partition coefficient (Wildman–Crippen LogP) is 5.20. The lowest BCUT2D eigenvalue weighted by atomic mass is 10.1. The quantitative estimate of drug-likeness (QED) is 0.0520. The molecule has 6 unspecified atom stereocenters. The molecule has 0 aromatic carbocycles. The Kier molecular flexibility index (Phi) is 40.3. The molecule has 0 amide bonds. The monoisotopic (exact) mass is 1040 g/mol. The van der Waals surface area contributed by atoms with Crippen LogP contribution < -0.4 is 24.5 Å². The van der Waals surface area contributed by atoms with Crippen LogP contribution in [0.2, 0.25) is 0 Å². The molecule has 0 heterocycles. The van der Waals surface area contributed by atoms with Crippen molar-refractivity contribution in [3.63, 3.8) is 0 Å². The van der Waals surface area contributed by atoms with Crippen molar-refractivity contribution in [2.24, 2.45) is 0 Å². The molecule has 3 N–H and O–H groups in total. The van der Waals surface area contributed by atoms with Crippen molar-refractivity contribution in [3.05, 3.63) is 0 Å². The number of aliphatic hydroxyl groups is 3.